The highest BCUT2D eigenvalue weighted by atomic mass is 16.6. The molecule has 0 aromatic carbocycles. The molecule has 0 aromatic heterocycles. The third-order valence-electron chi connectivity index (χ3n) is 1.77. The molecule has 0 bridgehead atoms. The van der Waals surface area contributed by atoms with Crippen LogP contribution in [-0.4, -0.2) is 43.3 Å². The van der Waals surface area contributed by atoms with Crippen molar-refractivity contribution in [2.75, 3.05) is 26.7 Å². The summed E-state index contributed by atoms with van der Waals surface area (Å²) < 4.78 is 5.20. The van der Waals surface area contributed by atoms with Gasteiger partial charge in [-0.2, -0.15) is 5.26 Å². The SMILES string of the molecule is CNCCCN(CC#N)C(=O)OC(C)(C)C. The van der Waals surface area contributed by atoms with Crippen LogP contribution < -0.4 is 5.32 Å². The molecule has 0 rings (SSSR count). The van der Waals surface area contributed by atoms with E-state index in [-0.39, 0.29) is 6.54 Å². The first kappa shape index (κ1) is 14.7. The van der Waals surface area contributed by atoms with Crippen LogP contribution in [-0.2, 0) is 4.74 Å². The van der Waals surface area contributed by atoms with Gasteiger partial charge in [0, 0.05) is 6.54 Å². The van der Waals surface area contributed by atoms with Gasteiger partial charge in [0.2, 0.25) is 0 Å². The van der Waals surface area contributed by atoms with Gasteiger partial charge in [0.05, 0.1) is 6.07 Å². The minimum Gasteiger partial charge on any atom is -0.444 e. The third-order valence-corrected chi connectivity index (χ3v) is 1.77. The first-order chi connectivity index (χ1) is 7.40. The monoisotopic (exact) mass is 227 g/mol. The molecule has 0 atom stereocenters. The zero-order valence-corrected chi connectivity index (χ0v) is 10.5. The number of nitriles is 1. The topological polar surface area (TPSA) is 65.4 Å². The zero-order valence-electron chi connectivity index (χ0n) is 10.5. The van der Waals surface area contributed by atoms with Crippen LogP contribution in [0.15, 0.2) is 0 Å². The second-order valence-corrected chi connectivity index (χ2v) is 4.52. The summed E-state index contributed by atoms with van der Waals surface area (Å²) in [5.41, 5.74) is -0.520. The molecule has 0 spiro atoms. The highest BCUT2D eigenvalue weighted by Gasteiger charge is 2.21. The molecule has 0 saturated carbocycles. The van der Waals surface area contributed by atoms with Crippen LogP contribution in [0.2, 0.25) is 0 Å². The molecule has 0 aliphatic heterocycles. The van der Waals surface area contributed by atoms with Crippen molar-refractivity contribution in [1.29, 1.82) is 5.26 Å². The fourth-order valence-corrected chi connectivity index (χ4v) is 1.09. The van der Waals surface area contributed by atoms with Crippen LogP contribution >= 0.6 is 0 Å². The maximum atomic E-state index is 11.7. The summed E-state index contributed by atoms with van der Waals surface area (Å²) in [4.78, 5) is 13.1. The average Bonchev–Trinajstić information content (AvgIpc) is 2.14. The van der Waals surface area contributed by atoms with Gasteiger partial charge < -0.3 is 10.1 Å². The second-order valence-electron chi connectivity index (χ2n) is 4.52. The van der Waals surface area contributed by atoms with Gasteiger partial charge in [-0.3, -0.25) is 4.90 Å². The van der Waals surface area contributed by atoms with Gasteiger partial charge in [0.15, 0.2) is 0 Å². The van der Waals surface area contributed by atoms with E-state index in [1.807, 2.05) is 33.9 Å². The van der Waals surface area contributed by atoms with Crippen molar-refractivity contribution in [3.05, 3.63) is 0 Å². The molecule has 0 aliphatic carbocycles. The molecule has 1 amide bonds. The van der Waals surface area contributed by atoms with Gasteiger partial charge in [-0.05, 0) is 40.8 Å². The molecule has 0 heterocycles. The Bertz CT molecular complexity index is 253. The summed E-state index contributed by atoms with van der Waals surface area (Å²) in [5, 5.41) is 11.6. The van der Waals surface area contributed by atoms with E-state index < -0.39 is 11.7 Å². The predicted octanol–water partition coefficient (Wildman–Crippen LogP) is 1.36. The molecule has 0 aliphatic rings. The van der Waals surface area contributed by atoms with E-state index in [1.165, 1.54) is 4.90 Å². The first-order valence-electron chi connectivity index (χ1n) is 5.40. The third kappa shape index (κ3) is 7.07. The van der Waals surface area contributed by atoms with Gasteiger partial charge in [-0.1, -0.05) is 0 Å². The normalized spacial score (nSPS) is 10.7. The number of carbonyl (C=O) groups excluding carboxylic acids is 1. The number of ether oxygens (including phenoxy) is 1. The number of nitrogens with one attached hydrogen (secondary N) is 1. The Morgan fingerprint density at radius 1 is 1.50 bits per heavy atom. The van der Waals surface area contributed by atoms with E-state index in [1.54, 1.807) is 0 Å². The lowest BCUT2D eigenvalue weighted by Crippen LogP contribution is -2.38. The van der Waals surface area contributed by atoms with Crippen LogP contribution in [0.5, 0.6) is 0 Å². The van der Waals surface area contributed by atoms with Crippen molar-refractivity contribution in [3.63, 3.8) is 0 Å². The van der Waals surface area contributed by atoms with E-state index in [4.69, 9.17) is 10.00 Å². The molecule has 0 saturated heterocycles. The summed E-state index contributed by atoms with van der Waals surface area (Å²) in [6, 6.07) is 1.97. The number of amides is 1. The van der Waals surface area contributed by atoms with Crippen LogP contribution in [0, 0.1) is 11.3 Å². The molecule has 92 valence electrons. The van der Waals surface area contributed by atoms with Gasteiger partial charge >= 0.3 is 6.09 Å². The van der Waals surface area contributed by atoms with Crippen LogP contribution in [0.1, 0.15) is 27.2 Å². The van der Waals surface area contributed by atoms with Gasteiger partial charge in [-0.15, -0.1) is 0 Å². The lowest BCUT2D eigenvalue weighted by Gasteiger charge is -2.25. The smallest absolute Gasteiger partial charge is 0.411 e. The summed E-state index contributed by atoms with van der Waals surface area (Å²) in [6.45, 7) is 6.84. The number of rotatable bonds is 5. The quantitative estimate of drug-likeness (QED) is 0.569. The molecule has 0 aromatic rings. The maximum Gasteiger partial charge on any atom is 0.411 e. The zero-order chi connectivity index (χ0) is 12.6. The molecule has 5 heteroatoms. The Kier molecular flexibility index (Phi) is 6.50. The Morgan fingerprint density at radius 3 is 2.56 bits per heavy atom. The number of carbonyl (C=O) groups is 1. The fourth-order valence-electron chi connectivity index (χ4n) is 1.09. The van der Waals surface area contributed by atoms with Crippen LogP contribution in [0.25, 0.3) is 0 Å². The van der Waals surface area contributed by atoms with Gasteiger partial charge in [0.1, 0.15) is 12.1 Å². The Labute approximate surface area is 97.4 Å². The molecule has 0 fully saturated rings. The molecule has 5 nitrogen and oxygen atoms in total. The van der Waals surface area contributed by atoms with Crippen LogP contribution in [0.3, 0.4) is 0 Å². The summed E-state index contributed by atoms with van der Waals surface area (Å²) >= 11 is 0. The lowest BCUT2D eigenvalue weighted by molar-refractivity contribution is 0.0273. The number of nitrogens with zero attached hydrogens (tertiary/aromatic N) is 2. The fraction of sp³-hybridized carbons (Fsp3) is 0.818. The van der Waals surface area contributed by atoms with E-state index in [0.717, 1.165) is 13.0 Å². The van der Waals surface area contributed by atoms with Crippen molar-refractivity contribution < 1.29 is 9.53 Å². The van der Waals surface area contributed by atoms with Crippen molar-refractivity contribution >= 4 is 6.09 Å². The molecular formula is C11H21N3O2. The summed E-state index contributed by atoms with van der Waals surface area (Å²) in [7, 11) is 1.85. The van der Waals surface area contributed by atoms with E-state index in [0.29, 0.717) is 6.54 Å². The minimum absolute atomic E-state index is 0.0681. The highest BCUT2D eigenvalue weighted by molar-refractivity contribution is 5.68. The summed E-state index contributed by atoms with van der Waals surface area (Å²) in [6.07, 6.45) is 0.377. The number of hydrogen-bond acceptors (Lipinski definition) is 4. The standard InChI is InChI=1S/C11H21N3O2/c1-11(2,3)16-10(15)14(9-6-12)8-5-7-13-4/h13H,5,7-9H2,1-4H3. The van der Waals surface area contributed by atoms with Crippen molar-refractivity contribution in [2.24, 2.45) is 0 Å². The van der Waals surface area contributed by atoms with E-state index in [9.17, 15) is 4.79 Å². The van der Waals surface area contributed by atoms with Crippen molar-refractivity contribution in [2.45, 2.75) is 32.8 Å². The predicted molar refractivity (Wildman–Crippen MR) is 62.0 cm³/mol. The Hall–Kier alpha value is -1.28. The molecule has 16 heavy (non-hydrogen) atoms. The Morgan fingerprint density at radius 2 is 2.12 bits per heavy atom. The largest absolute Gasteiger partial charge is 0.444 e. The van der Waals surface area contributed by atoms with Crippen LogP contribution in [0.4, 0.5) is 4.79 Å². The molecule has 0 unspecified atom stereocenters. The minimum atomic E-state index is -0.520. The maximum absolute atomic E-state index is 11.7. The number of hydrogen-bond donors (Lipinski definition) is 1. The molecule has 0 radical (unpaired) electrons. The van der Waals surface area contributed by atoms with Gasteiger partial charge in [-0.25, -0.2) is 4.79 Å². The van der Waals surface area contributed by atoms with Crippen molar-refractivity contribution in [3.8, 4) is 6.07 Å². The Balaban J connectivity index is 4.19. The second kappa shape index (κ2) is 7.07. The van der Waals surface area contributed by atoms with Crippen molar-refractivity contribution in [1.82, 2.24) is 10.2 Å². The van der Waals surface area contributed by atoms with Gasteiger partial charge in [0.25, 0.3) is 0 Å². The molecular weight excluding hydrogens is 206 g/mol. The average molecular weight is 227 g/mol. The molecule has 1 N–H and O–H groups in total. The van der Waals surface area contributed by atoms with E-state index >= 15 is 0 Å². The highest BCUT2D eigenvalue weighted by Crippen LogP contribution is 2.09. The summed E-state index contributed by atoms with van der Waals surface area (Å²) in [5.74, 6) is 0. The van der Waals surface area contributed by atoms with E-state index in [2.05, 4.69) is 5.32 Å². The lowest BCUT2D eigenvalue weighted by atomic mass is 10.2. The first-order valence-corrected chi connectivity index (χ1v) is 5.40.